The maximum atomic E-state index is 11.7. The molecule has 0 bridgehead atoms. The third-order valence-electron chi connectivity index (χ3n) is 2.21. The summed E-state index contributed by atoms with van der Waals surface area (Å²) < 4.78 is 0.646. The standard InChI is InChI=1S/C11H13N3O2S2/c1-2-12-9(15)6-17-5-8-13-7-3-4-18-10(7)11(16)14-8/h3-4H,2,5-6H2,1H3,(H,12,15)(H,13,14,16). The molecule has 0 spiro atoms. The van der Waals surface area contributed by atoms with E-state index in [2.05, 4.69) is 15.3 Å². The Balaban J connectivity index is 1.99. The maximum Gasteiger partial charge on any atom is 0.268 e. The Kier molecular flexibility index (Phi) is 4.38. The number of nitrogens with one attached hydrogen (secondary N) is 2. The Labute approximate surface area is 112 Å². The molecule has 2 N–H and O–H groups in total. The SMILES string of the molecule is CCNC(=O)CSCc1nc2ccsc2c(=O)[nH]1. The summed E-state index contributed by atoms with van der Waals surface area (Å²) in [6.07, 6.45) is 0. The van der Waals surface area contributed by atoms with Crippen molar-refractivity contribution >= 4 is 39.2 Å². The summed E-state index contributed by atoms with van der Waals surface area (Å²) in [5.74, 6) is 1.51. The summed E-state index contributed by atoms with van der Waals surface area (Å²) in [4.78, 5) is 30.0. The van der Waals surface area contributed by atoms with E-state index in [9.17, 15) is 9.59 Å². The monoisotopic (exact) mass is 283 g/mol. The van der Waals surface area contributed by atoms with Crippen LogP contribution in [0.4, 0.5) is 0 Å². The molecule has 0 unspecified atom stereocenters. The predicted molar refractivity (Wildman–Crippen MR) is 75.1 cm³/mol. The number of thiophene rings is 1. The molecular formula is C11H13N3O2S2. The first-order valence-electron chi connectivity index (χ1n) is 5.51. The summed E-state index contributed by atoms with van der Waals surface area (Å²) in [6.45, 7) is 2.52. The van der Waals surface area contributed by atoms with Gasteiger partial charge in [0, 0.05) is 6.54 Å². The number of nitrogens with zero attached hydrogens (tertiary/aromatic N) is 1. The van der Waals surface area contributed by atoms with Crippen LogP contribution in [0.2, 0.25) is 0 Å². The lowest BCUT2D eigenvalue weighted by molar-refractivity contribution is -0.118. The number of aromatic amines is 1. The highest BCUT2D eigenvalue weighted by Gasteiger charge is 2.06. The van der Waals surface area contributed by atoms with Crippen molar-refractivity contribution in [2.75, 3.05) is 12.3 Å². The lowest BCUT2D eigenvalue weighted by atomic mass is 10.4. The molecule has 0 atom stereocenters. The first-order chi connectivity index (χ1) is 8.70. The fourth-order valence-corrected chi connectivity index (χ4v) is 2.92. The van der Waals surface area contributed by atoms with Gasteiger partial charge in [-0.25, -0.2) is 4.98 Å². The number of fused-ring (bicyclic) bond motifs is 1. The largest absolute Gasteiger partial charge is 0.356 e. The molecule has 7 heteroatoms. The predicted octanol–water partition coefficient (Wildman–Crippen LogP) is 1.35. The topological polar surface area (TPSA) is 74.8 Å². The van der Waals surface area contributed by atoms with Gasteiger partial charge in [0.15, 0.2) is 0 Å². The molecule has 2 aromatic heterocycles. The molecule has 0 aliphatic heterocycles. The molecular weight excluding hydrogens is 270 g/mol. The van der Waals surface area contributed by atoms with Crippen molar-refractivity contribution in [2.45, 2.75) is 12.7 Å². The van der Waals surface area contributed by atoms with Gasteiger partial charge in [0.1, 0.15) is 10.5 Å². The van der Waals surface area contributed by atoms with Crippen LogP contribution in [-0.2, 0) is 10.5 Å². The molecule has 0 saturated carbocycles. The van der Waals surface area contributed by atoms with Crippen molar-refractivity contribution in [2.24, 2.45) is 0 Å². The van der Waals surface area contributed by atoms with Gasteiger partial charge in [-0.3, -0.25) is 9.59 Å². The van der Waals surface area contributed by atoms with Crippen molar-refractivity contribution in [3.05, 3.63) is 27.6 Å². The molecule has 0 saturated heterocycles. The van der Waals surface area contributed by atoms with Gasteiger partial charge >= 0.3 is 0 Å². The van der Waals surface area contributed by atoms with E-state index in [-0.39, 0.29) is 11.5 Å². The summed E-state index contributed by atoms with van der Waals surface area (Å²) in [7, 11) is 0. The van der Waals surface area contributed by atoms with Gasteiger partial charge < -0.3 is 10.3 Å². The van der Waals surface area contributed by atoms with Crippen LogP contribution in [0.3, 0.4) is 0 Å². The summed E-state index contributed by atoms with van der Waals surface area (Å²) in [5.41, 5.74) is 0.612. The maximum absolute atomic E-state index is 11.7. The minimum atomic E-state index is -0.108. The summed E-state index contributed by atoms with van der Waals surface area (Å²) in [5, 5.41) is 4.56. The Morgan fingerprint density at radius 1 is 1.61 bits per heavy atom. The molecule has 0 fully saturated rings. The van der Waals surface area contributed by atoms with Crippen LogP contribution in [0.25, 0.3) is 10.2 Å². The van der Waals surface area contributed by atoms with E-state index < -0.39 is 0 Å². The van der Waals surface area contributed by atoms with Crippen molar-refractivity contribution in [1.29, 1.82) is 0 Å². The second-order valence-electron chi connectivity index (χ2n) is 3.59. The van der Waals surface area contributed by atoms with Crippen LogP contribution >= 0.6 is 23.1 Å². The zero-order chi connectivity index (χ0) is 13.0. The Morgan fingerprint density at radius 3 is 3.22 bits per heavy atom. The average molecular weight is 283 g/mol. The smallest absolute Gasteiger partial charge is 0.268 e. The zero-order valence-corrected chi connectivity index (χ0v) is 11.5. The van der Waals surface area contributed by atoms with Crippen LogP contribution in [-0.4, -0.2) is 28.2 Å². The Morgan fingerprint density at radius 2 is 2.44 bits per heavy atom. The van der Waals surface area contributed by atoms with E-state index >= 15 is 0 Å². The van der Waals surface area contributed by atoms with Gasteiger partial charge in [0.2, 0.25) is 5.91 Å². The Bertz CT molecular complexity index is 606. The number of rotatable bonds is 5. The van der Waals surface area contributed by atoms with Crippen molar-refractivity contribution in [1.82, 2.24) is 15.3 Å². The molecule has 0 radical (unpaired) electrons. The third kappa shape index (κ3) is 3.11. The van der Waals surface area contributed by atoms with Crippen LogP contribution in [0.5, 0.6) is 0 Å². The lowest BCUT2D eigenvalue weighted by Gasteiger charge is -2.02. The van der Waals surface area contributed by atoms with Gasteiger partial charge in [-0.05, 0) is 18.4 Å². The number of hydrogen-bond acceptors (Lipinski definition) is 5. The van der Waals surface area contributed by atoms with Gasteiger partial charge in [-0.2, -0.15) is 0 Å². The second kappa shape index (κ2) is 6.01. The molecule has 2 heterocycles. The van der Waals surface area contributed by atoms with E-state index in [1.807, 2.05) is 18.4 Å². The van der Waals surface area contributed by atoms with E-state index in [4.69, 9.17) is 0 Å². The van der Waals surface area contributed by atoms with Crippen molar-refractivity contribution < 1.29 is 4.79 Å². The quantitative estimate of drug-likeness (QED) is 0.868. The normalized spacial score (nSPS) is 10.7. The van der Waals surface area contributed by atoms with E-state index in [0.29, 0.717) is 28.6 Å². The van der Waals surface area contributed by atoms with E-state index in [1.54, 1.807) is 0 Å². The number of carbonyl (C=O) groups is 1. The minimum absolute atomic E-state index is 0.00135. The molecule has 0 aliphatic carbocycles. The fourth-order valence-electron chi connectivity index (χ4n) is 1.48. The lowest BCUT2D eigenvalue weighted by Crippen LogP contribution is -2.24. The van der Waals surface area contributed by atoms with Gasteiger partial charge in [0.25, 0.3) is 5.56 Å². The molecule has 2 rings (SSSR count). The van der Waals surface area contributed by atoms with Crippen LogP contribution in [0, 0.1) is 0 Å². The third-order valence-corrected chi connectivity index (χ3v) is 4.06. The highest BCUT2D eigenvalue weighted by molar-refractivity contribution is 7.99. The molecule has 2 aromatic rings. The number of thioether (sulfide) groups is 1. The molecule has 0 aromatic carbocycles. The Hall–Kier alpha value is -1.34. The summed E-state index contributed by atoms with van der Waals surface area (Å²) in [6, 6.07) is 1.83. The average Bonchev–Trinajstić information content (AvgIpc) is 2.78. The molecule has 18 heavy (non-hydrogen) atoms. The highest BCUT2D eigenvalue weighted by Crippen LogP contribution is 2.15. The number of carbonyl (C=O) groups excluding carboxylic acids is 1. The second-order valence-corrected chi connectivity index (χ2v) is 5.50. The highest BCUT2D eigenvalue weighted by atomic mass is 32.2. The zero-order valence-electron chi connectivity index (χ0n) is 9.86. The van der Waals surface area contributed by atoms with Gasteiger partial charge in [-0.1, -0.05) is 0 Å². The molecule has 1 amide bonds. The van der Waals surface area contributed by atoms with E-state index in [1.165, 1.54) is 23.1 Å². The number of H-pyrrole nitrogens is 1. The molecule has 96 valence electrons. The van der Waals surface area contributed by atoms with Crippen LogP contribution < -0.4 is 10.9 Å². The van der Waals surface area contributed by atoms with Crippen molar-refractivity contribution in [3.63, 3.8) is 0 Å². The van der Waals surface area contributed by atoms with Crippen LogP contribution in [0.1, 0.15) is 12.7 Å². The van der Waals surface area contributed by atoms with Crippen LogP contribution in [0.15, 0.2) is 16.2 Å². The first kappa shape index (κ1) is 13.1. The number of aromatic nitrogens is 2. The minimum Gasteiger partial charge on any atom is -0.356 e. The van der Waals surface area contributed by atoms with Gasteiger partial charge in [-0.15, -0.1) is 23.1 Å². The number of amides is 1. The molecule has 5 nitrogen and oxygen atoms in total. The molecule has 0 aliphatic rings. The number of hydrogen-bond donors (Lipinski definition) is 2. The fraction of sp³-hybridized carbons (Fsp3) is 0.364. The van der Waals surface area contributed by atoms with Crippen molar-refractivity contribution in [3.8, 4) is 0 Å². The van der Waals surface area contributed by atoms with Gasteiger partial charge in [0.05, 0.1) is 17.0 Å². The van der Waals surface area contributed by atoms with E-state index in [0.717, 1.165) is 5.52 Å². The first-order valence-corrected chi connectivity index (χ1v) is 7.55. The summed E-state index contributed by atoms with van der Waals surface area (Å²) >= 11 is 2.81.